The molecule has 0 aromatic heterocycles. The van der Waals surface area contributed by atoms with Gasteiger partial charge in [-0.15, -0.1) is 0 Å². The van der Waals surface area contributed by atoms with Crippen LogP contribution in [0.25, 0.3) is 0 Å². The minimum atomic E-state index is -1.07. The number of halogens is 3. The maximum Gasteiger partial charge on any atom is 0.137 e. The Bertz CT molecular complexity index is 393. The minimum Gasteiger partial charge on any atom is -0.296 e. The zero-order valence-corrected chi connectivity index (χ0v) is 10.7. The smallest absolute Gasteiger partial charge is 0.137 e. The van der Waals surface area contributed by atoms with E-state index in [1.165, 1.54) is 6.07 Å². The van der Waals surface area contributed by atoms with E-state index in [-0.39, 0.29) is 5.82 Å². The molecule has 0 bridgehead atoms. The van der Waals surface area contributed by atoms with Gasteiger partial charge in [-0.2, -0.15) is 0 Å². The largest absolute Gasteiger partial charge is 0.296 e. The predicted octanol–water partition coefficient (Wildman–Crippen LogP) is 3.52. The van der Waals surface area contributed by atoms with Crippen molar-refractivity contribution in [2.75, 3.05) is 13.1 Å². The highest BCUT2D eigenvalue weighted by Gasteiger charge is 2.33. The number of hydrogen-bond acceptors (Lipinski definition) is 1. The second kappa shape index (κ2) is 4.41. The molecule has 0 aliphatic carbocycles. The fourth-order valence-corrected chi connectivity index (χ4v) is 2.47. The SMILES string of the molecule is CC1(F)CCN(Cc2ccc(F)c(Br)c2)C1. The van der Waals surface area contributed by atoms with Crippen LogP contribution in [0.2, 0.25) is 0 Å². The molecule has 0 spiro atoms. The summed E-state index contributed by atoms with van der Waals surface area (Å²) < 4.78 is 27.1. The molecule has 88 valence electrons. The standard InChI is InChI=1S/C12H14BrF2N/c1-12(15)4-5-16(8-12)7-9-2-3-11(14)10(13)6-9/h2-3,6H,4-5,7-8H2,1H3. The van der Waals surface area contributed by atoms with E-state index in [0.717, 1.165) is 12.1 Å². The average molecular weight is 290 g/mol. The molecule has 1 aromatic carbocycles. The molecule has 0 radical (unpaired) electrons. The molecule has 1 fully saturated rings. The summed E-state index contributed by atoms with van der Waals surface area (Å²) in [5.41, 5.74) is -0.0666. The van der Waals surface area contributed by atoms with Crippen molar-refractivity contribution in [1.82, 2.24) is 4.90 Å². The number of likely N-dealkylation sites (tertiary alicyclic amines) is 1. The van der Waals surface area contributed by atoms with E-state index >= 15 is 0 Å². The number of rotatable bonds is 2. The summed E-state index contributed by atoms with van der Waals surface area (Å²) in [5.74, 6) is -0.263. The van der Waals surface area contributed by atoms with Gasteiger partial charge in [0, 0.05) is 19.6 Å². The van der Waals surface area contributed by atoms with Crippen LogP contribution in [-0.4, -0.2) is 23.7 Å². The summed E-state index contributed by atoms with van der Waals surface area (Å²) in [5, 5.41) is 0. The van der Waals surface area contributed by atoms with Gasteiger partial charge >= 0.3 is 0 Å². The molecular formula is C12H14BrF2N. The highest BCUT2D eigenvalue weighted by molar-refractivity contribution is 9.10. The number of nitrogens with zero attached hydrogens (tertiary/aromatic N) is 1. The van der Waals surface area contributed by atoms with Gasteiger partial charge in [0.15, 0.2) is 0 Å². The lowest BCUT2D eigenvalue weighted by molar-refractivity contribution is 0.186. The minimum absolute atomic E-state index is 0.263. The van der Waals surface area contributed by atoms with Gasteiger partial charge in [-0.1, -0.05) is 6.07 Å². The first-order valence-electron chi connectivity index (χ1n) is 5.31. The van der Waals surface area contributed by atoms with Crippen LogP contribution in [0.4, 0.5) is 8.78 Å². The highest BCUT2D eigenvalue weighted by Crippen LogP contribution is 2.26. The molecule has 0 N–H and O–H groups in total. The van der Waals surface area contributed by atoms with Gasteiger partial charge in [-0.05, 0) is 47.0 Å². The van der Waals surface area contributed by atoms with E-state index in [1.807, 2.05) is 0 Å². The lowest BCUT2D eigenvalue weighted by atomic mass is 10.1. The third-order valence-electron chi connectivity index (χ3n) is 2.89. The zero-order valence-electron chi connectivity index (χ0n) is 9.14. The van der Waals surface area contributed by atoms with Crippen LogP contribution in [0.1, 0.15) is 18.9 Å². The molecule has 1 nitrogen and oxygen atoms in total. The quantitative estimate of drug-likeness (QED) is 0.805. The fraction of sp³-hybridized carbons (Fsp3) is 0.500. The topological polar surface area (TPSA) is 3.24 Å². The number of hydrogen-bond donors (Lipinski definition) is 0. The van der Waals surface area contributed by atoms with Gasteiger partial charge in [0.2, 0.25) is 0 Å². The van der Waals surface area contributed by atoms with Gasteiger partial charge < -0.3 is 0 Å². The van der Waals surface area contributed by atoms with Crippen molar-refractivity contribution in [1.29, 1.82) is 0 Å². The molecule has 1 aliphatic rings. The molecule has 2 rings (SSSR count). The first kappa shape index (κ1) is 12.0. The Morgan fingerprint density at radius 1 is 1.50 bits per heavy atom. The third kappa shape index (κ3) is 2.80. The Balaban J connectivity index is 2.02. The van der Waals surface area contributed by atoms with Crippen molar-refractivity contribution in [2.24, 2.45) is 0 Å². The van der Waals surface area contributed by atoms with Crippen LogP contribution in [0.15, 0.2) is 22.7 Å². The van der Waals surface area contributed by atoms with Gasteiger partial charge in [0.1, 0.15) is 11.5 Å². The average Bonchev–Trinajstić information content (AvgIpc) is 2.52. The lowest BCUT2D eigenvalue weighted by Gasteiger charge is -2.17. The molecule has 1 aromatic rings. The fourth-order valence-electron chi connectivity index (χ4n) is 2.05. The lowest BCUT2D eigenvalue weighted by Crippen LogP contribution is -2.25. The van der Waals surface area contributed by atoms with Crippen molar-refractivity contribution in [3.05, 3.63) is 34.1 Å². The predicted molar refractivity (Wildman–Crippen MR) is 63.5 cm³/mol. The maximum atomic E-state index is 13.6. The number of benzene rings is 1. The Hall–Kier alpha value is -0.480. The Labute approximate surface area is 103 Å². The van der Waals surface area contributed by atoms with Crippen LogP contribution in [0.3, 0.4) is 0 Å². The van der Waals surface area contributed by atoms with Crippen LogP contribution < -0.4 is 0 Å². The van der Waals surface area contributed by atoms with Gasteiger partial charge in [0.05, 0.1) is 4.47 Å². The van der Waals surface area contributed by atoms with E-state index in [4.69, 9.17) is 0 Å². The summed E-state index contributed by atoms with van der Waals surface area (Å²) in [4.78, 5) is 2.06. The molecule has 4 heteroatoms. The molecule has 1 aliphatic heterocycles. The molecule has 0 saturated carbocycles. The van der Waals surface area contributed by atoms with Gasteiger partial charge in [-0.25, -0.2) is 8.78 Å². The van der Waals surface area contributed by atoms with Crippen LogP contribution in [0, 0.1) is 5.82 Å². The maximum absolute atomic E-state index is 13.6. The monoisotopic (exact) mass is 289 g/mol. The third-order valence-corrected chi connectivity index (χ3v) is 3.50. The Morgan fingerprint density at radius 3 is 2.81 bits per heavy atom. The summed E-state index contributed by atoms with van der Waals surface area (Å²) >= 11 is 3.15. The molecule has 1 heterocycles. The van der Waals surface area contributed by atoms with Crippen LogP contribution >= 0.6 is 15.9 Å². The van der Waals surface area contributed by atoms with Crippen molar-refractivity contribution in [2.45, 2.75) is 25.6 Å². The molecular weight excluding hydrogens is 276 g/mol. The first-order valence-corrected chi connectivity index (χ1v) is 6.11. The van der Waals surface area contributed by atoms with E-state index in [0.29, 0.717) is 24.0 Å². The van der Waals surface area contributed by atoms with Gasteiger partial charge in [0.25, 0.3) is 0 Å². The number of alkyl halides is 1. The second-order valence-electron chi connectivity index (χ2n) is 4.62. The molecule has 1 unspecified atom stereocenters. The van der Waals surface area contributed by atoms with Gasteiger partial charge in [-0.3, -0.25) is 4.90 Å². The summed E-state index contributed by atoms with van der Waals surface area (Å²) in [6.07, 6.45) is 0.579. The van der Waals surface area contributed by atoms with E-state index in [1.54, 1.807) is 19.1 Å². The van der Waals surface area contributed by atoms with Crippen molar-refractivity contribution < 1.29 is 8.78 Å². The van der Waals surface area contributed by atoms with E-state index in [9.17, 15) is 8.78 Å². The Kier molecular flexibility index (Phi) is 3.31. The van der Waals surface area contributed by atoms with E-state index in [2.05, 4.69) is 20.8 Å². The normalized spacial score (nSPS) is 26.2. The van der Waals surface area contributed by atoms with Crippen molar-refractivity contribution >= 4 is 15.9 Å². The van der Waals surface area contributed by atoms with Crippen molar-refractivity contribution in [3.8, 4) is 0 Å². The first-order chi connectivity index (χ1) is 7.46. The summed E-state index contributed by atoms with van der Waals surface area (Å²) in [6, 6.07) is 4.93. The molecule has 16 heavy (non-hydrogen) atoms. The Morgan fingerprint density at radius 2 is 2.25 bits per heavy atom. The summed E-state index contributed by atoms with van der Waals surface area (Å²) in [7, 11) is 0. The zero-order chi connectivity index (χ0) is 11.8. The van der Waals surface area contributed by atoms with E-state index < -0.39 is 5.67 Å². The highest BCUT2D eigenvalue weighted by atomic mass is 79.9. The molecule has 0 amide bonds. The van der Waals surface area contributed by atoms with Crippen molar-refractivity contribution in [3.63, 3.8) is 0 Å². The van der Waals surface area contributed by atoms with Crippen LogP contribution in [-0.2, 0) is 6.54 Å². The summed E-state index contributed by atoms with van der Waals surface area (Å²) in [6.45, 7) is 3.54. The second-order valence-corrected chi connectivity index (χ2v) is 5.48. The molecule has 1 saturated heterocycles. The van der Waals surface area contributed by atoms with Crippen LogP contribution in [0.5, 0.6) is 0 Å². The molecule has 1 atom stereocenters.